The Morgan fingerprint density at radius 1 is 0.822 bits per heavy atom. The molecule has 2 aromatic rings. The van der Waals surface area contributed by atoms with E-state index in [9.17, 15) is 4.79 Å². The van der Waals surface area contributed by atoms with Crippen LogP contribution in [0, 0.1) is 11.8 Å². The van der Waals surface area contributed by atoms with Gasteiger partial charge in [0.05, 0.1) is 41.0 Å². The summed E-state index contributed by atoms with van der Waals surface area (Å²) in [7, 11) is 6.76. The molecule has 45 heavy (non-hydrogen) atoms. The zero-order valence-electron chi connectivity index (χ0n) is 27.5. The Morgan fingerprint density at radius 3 is 1.96 bits per heavy atom. The largest absolute Gasteiger partial charge is 0.493 e. The van der Waals surface area contributed by atoms with Gasteiger partial charge < -0.3 is 23.8 Å². The number of hydrogen-bond donors (Lipinski definition) is 0. The molecule has 0 N–H and O–H groups in total. The Bertz CT molecular complexity index is 1320. The van der Waals surface area contributed by atoms with Crippen molar-refractivity contribution in [2.75, 3.05) is 79.5 Å². The first-order chi connectivity index (χ1) is 21.9. The molecule has 3 aliphatic heterocycles. The van der Waals surface area contributed by atoms with Gasteiger partial charge in [0.2, 0.25) is 5.91 Å². The number of halogens is 2. The van der Waals surface area contributed by atoms with Gasteiger partial charge in [-0.15, -0.1) is 23.2 Å². The van der Waals surface area contributed by atoms with Crippen molar-refractivity contribution in [3.8, 4) is 23.0 Å². The van der Waals surface area contributed by atoms with Crippen LogP contribution in [0.25, 0.3) is 0 Å². The van der Waals surface area contributed by atoms with Crippen LogP contribution in [-0.4, -0.2) is 100 Å². The van der Waals surface area contributed by atoms with Crippen LogP contribution in [0.1, 0.15) is 60.5 Å². The number of benzene rings is 2. The average Bonchev–Trinajstić information content (AvgIpc) is 3.06. The molecule has 0 aliphatic carbocycles. The highest BCUT2D eigenvalue weighted by atomic mass is 35.5. The summed E-state index contributed by atoms with van der Waals surface area (Å²) in [5.41, 5.74) is 5.09. The summed E-state index contributed by atoms with van der Waals surface area (Å²) in [6, 6.07) is 8.82. The number of ether oxygens (including phenoxy) is 4. The highest BCUT2D eigenvalue weighted by Gasteiger charge is 2.42. The predicted octanol–water partition coefficient (Wildman–Crippen LogP) is 5.96. The Morgan fingerprint density at radius 2 is 1.38 bits per heavy atom. The molecule has 4 atom stereocenters. The van der Waals surface area contributed by atoms with Crippen molar-refractivity contribution in [2.45, 2.75) is 51.1 Å². The number of nitrogens with zero attached hydrogens (tertiary/aromatic N) is 3. The van der Waals surface area contributed by atoms with Crippen LogP contribution in [0.2, 0.25) is 0 Å². The lowest BCUT2D eigenvalue weighted by Crippen LogP contribution is -2.49. The molecule has 10 heteroatoms. The molecule has 248 valence electrons. The first-order valence-corrected chi connectivity index (χ1v) is 17.3. The van der Waals surface area contributed by atoms with E-state index in [-0.39, 0.29) is 11.9 Å². The summed E-state index contributed by atoms with van der Waals surface area (Å²) < 4.78 is 22.8. The quantitative estimate of drug-likeness (QED) is 0.246. The minimum atomic E-state index is -0.0611. The van der Waals surface area contributed by atoms with Crippen molar-refractivity contribution in [1.29, 1.82) is 0 Å². The molecule has 3 heterocycles. The van der Waals surface area contributed by atoms with Crippen molar-refractivity contribution < 1.29 is 23.7 Å². The fraction of sp³-hybridized carbons (Fsp3) is 0.629. The maximum atomic E-state index is 14.1. The number of carbonyl (C=O) groups excluding carboxylic acids is 1. The number of alkyl halides is 2. The minimum Gasteiger partial charge on any atom is -0.493 e. The number of carbonyl (C=O) groups is 1. The van der Waals surface area contributed by atoms with Crippen molar-refractivity contribution in [1.82, 2.24) is 14.7 Å². The van der Waals surface area contributed by atoms with E-state index in [1.807, 2.05) is 0 Å². The second-order valence-electron chi connectivity index (χ2n) is 12.5. The van der Waals surface area contributed by atoms with Gasteiger partial charge in [0.1, 0.15) is 0 Å². The smallest absolute Gasteiger partial charge is 0.237 e. The monoisotopic (exact) mass is 661 g/mol. The van der Waals surface area contributed by atoms with E-state index in [2.05, 4.69) is 45.9 Å². The van der Waals surface area contributed by atoms with E-state index in [0.717, 1.165) is 62.4 Å². The second kappa shape index (κ2) is 15.5. The van der Waals surface area contributed by atoms with E-state index in [1.54, 1.807) is 28.4 Å². The number of hydrogen-bond acceptors (Lipinski definition) is 7. The van der Waals surface area contributed by atoms with Crippen molar-refractivity contribution in [3.63, 3.8) is 0 Å². The molecule has 8 nitrogen and oxygen atoms in total. The lowest BCUT2D eigenvalue weighted by atomic mass is 9.72. The SMILES string of the molecule is CC[C@@H]1CN2CCc3cc(OC)c(OC)cc3[C@@H]2C[C@@H]1C[C@@H]1c2cc(OC)c(OC)cc2CCN1C(=O)CN(CCCl)CCCl. The molecular weight excluding hydrogens is 613 g/mol. The van der Waals surface area contributed by atoms with Gasteiger partial charge >= 0.3 is 0 Å². The van der Waals surface area contributed by atoms with E-state index in [1.165, 1.54) is 22.3 Å². The molecule has 0 saturated carbocycles. The summed E-state index contributed by atoms with van der Waals surface area (Å²) in [6.07, 6.45) is 4.81. The summed E-state index contributed by atoms with van der Waals surface area (Å²) in [5.74, 6) is 5.02. The number of methoxy groups -OCH3 is 4. The minimum absolute atomic E-state index is 0.0611. The summed E-state index contributed by atoms with van der Waals surface area (Å²) in [6.45, 7) is 6.65. The van der Waals surface area contributed by atoms with Crippen LogP contribution >= 0.6 is 23.2 Å². The first kappa shape index (κ1) is 34.0. The molecule has 0 spiro atoms. The first-order valence-electron chi connectivity index (χ1n) is 16.3. The summed E-state index contributed by atoms with van der Waals surface area (Å²) in [4.78, 5) is 20.9. The lowest BCUT2D eigenvalue weighted by Gasteiger charge is -2.49. The van der Waals surface area contributed by atoms with Crippen LogP contribution in [0.5, 0.6) is 23.0 Å². The Kier molecular flexibility index (Phi) is 11.7. The maximum Gasteiger partial charge on any atom is 0.237 e. The van der Waals surface area contributed by atoms with Gasteiger partial charge in [-0.3, -0.25) is 14.6 Å². The van der Waals surface area contributed by atoms with Crippen LogP contribution in [-0.2, 0) is 17.6 Å². The van der Waals surface area contributed by atoms with Crippen LogP contribution in [0.15, 0.2) is 24.3 Å². The molecule has 2 aromatic carbocycles. The lowest BCUT2D eigenvalue weighted by molar-refractivity contribution is -0.136. The van der Waals surface area contributed by atoms with Gasteiger partial charge in [-0.25, -0.2) is 0 Å². The molecule has 0 bridgehead atoms. The Labute approximate surface area is 278 Å². The molecule has 0 aromatic heterocycles. The van der Waals surface area contributed by atoms with Gasteiger partial charge in [0.15, 0.2) is 23.0 Å². The zero-order valence-corrected chi connectivity index (χ0v) is 29.0. The molecule has 0 radical (unpaired) electrons. The van der Waals surface area contributed by atoms with Crippen molar-refractivity contribution in [3.05, 3.63) is 46.5 Å². The number of amides is 1. The fourth-order valence-electron chi connectivity index (χ4n) is 7.91. The molecule has 1 amide bonds. The molecule has 0 unspecified atom stereocenters. The van der Waals surface area contributed by atoms with Gasteiger partial charge in [-0.05, 0) is 84.0 Å². The van der Waals surface area contributed by atoms with Crippen LogP contribution in [0.3, 0.4) is 0 Å². The Hall–Kier alpha value is -2.39. The topological polar surface area (TPSA) is 63.7 Å². The molecule has 1 saturated heterocycles. The molecule has 3 aliphatic rings. The third-order valence-corrected chi connectivity index (χ3v) is 10.6. The molecule has 5 rings (SSSR count). The van der Waals surface area contributed by atoms with E-state index >= 15 is 0 Å². The van der Waals surface area contributed by atoms with Gasteiger partial charge in [-0.1, -0.05) is 13.3 Å². The summed E-state index contributed by atoms with van der Waals surface area (Å²) in [5, 5.41) is 0. The van der Waals surface area contributed by atoms with Crippen LogP contribution < -0.4 is 18.9 Å². The van der Waals surface area contributed by atoms with Gasteiger partial charge in [0.25, 0.3) is 0 Å². The number of fused-ring (bicyclic) bond motifs is 4. The average molecular weight is 663 g/mol. The highest BCUT2D eigenvalue weighted by molar-refractivity contribution is 6.18. The second-order valence-corrected chi connectivity index (χ2v) is 13.2. The van der Waals surface area contributed by atoms with Gasteiger partial charge in [0, 0.05) is 50.5 Å². The predicted molar refractivity (Wildman–Crippen MR) is 180 cm³/mol. The third kappa shape index (κ3) is 7.14. The highest BCUT2D eigenvalue weighted by Crippen LogP contribution is 2.49. The zero-order chi connectivity index (χ0) is 32.1. The summed E-state index contributed by atoms with van der Waals surface area (Å²) >= 11 is 12.2. The van der Waals surface area contributed by atoms with Crippen molar-refractivity contribution >= 4 is 29.1 Å². The third-order valence-electron chi connectivity index (χ3n) is 10.3. The van der Waals surface area contributed by atoms with Gasteiger partial charge in [-0.2, -0.15) is 0 Å². The van der Waals surface area contributed by atoms with E-state index in [0.29, 0.717) is 61.6 Å². The molecular formula is C35H49Cl2N3O5. The molecule has 1 fully saturated rings. The Balaban J connectivity index is 1.49. The number of rotatable bonds is 13. The maximum absolute atomic E-state index is 14.1. The fourth-order valence-corrected chi connectivity index (χ4v) is 8.39. The van der Waals surface area contributed by atoms with E-state index in [4.69, 9.17) is 42.1 Å². The number of piperidine rings is 1. The van der Waals surface area contributed by atoms with E-state index < -0.39 is 0 Å². The standard InChI is InChI=1S/C35H49Cl2N3O5/c1-6-23-21-39-11-7-24-17-31(42-2)33(44-4)19-27(24)29(39)15-26(23)16-30-28-20-34(45-5)32(43-3)18-25(28)8-12-40(30)35(41)22-38(13-9-36)14-10-37/h17-20,23,26,29-30H,6-16,21-22H2,1-5H3/t23-,26-,29+,30-/m1/s1. The normalized spacial score (nSPS) is 22.8. The van der Waals surface area contributed by atoms with Crippen LogP contribution in [0.4, 0.5) is 0 Å². The van der Waals surface area contributed by atoms with Crippen molar-refractivity contribution in [2.24, 2.45) is 11.8 Å².